The molecule has 1 N–H and O–H groups in total. The SMILES string of the molecule is CC(C)=O.CC(C)=O.CCCCCCO. The molecule has 0 radical (unpaired) electrons. The number of Topliss-reactive ketones (excluding diaryl/α,β-unsaturated/α-hetero) is 2. The minimum Gasteiger partial charge on any atom is -0.396 e. The Bertz CT molecular complexity index is 118. The summed E-state index contributed by atoms with van der Waals surface area (Å²) in [4.78, 5) is 18.9. The summed E-state index contributed by atoms with van der Waals surface area (Å²) < 4.78 is 0. The highest BCUT2D eigenvalue weighted by Crippen LogP contribution is 1.95. The lowest BCUT2D eigenvalue weighted by Gasteiger charge is -1.90. The van der Waals surface area contributed by atoms with Crippen LogP contribution in [-0.4, -0.2) is 23.3 Å². The first-order chi connectivity index (χ1) is 6.88. The zero-order valence-corrected chi connectivity index (χ0v) is 10.8. The van der Waals surface area contributed by atoms with E-state index >= 15 is 0 Å². The van der Waals surface area contributed by atoms with Gasteiger partial charge in [0, 0.05) is 6.61 Å². The number of aliphatic hydroxyl groups is 1. The van der Waals surface area contributed by atoms with Gasteiger partial charge in [-0.1, -0.05) is 26.2 Å². The van der Waals surface area contributed by atoms with Crippen LogP contribution in [0.1, 0.15) is 60.3 Å². The molecule has 0 aliphatic carbocycles. The Morgan fingerprint density at radius 1 is 0.867 bits per heavy atom. The van der Waals surface area contributed by atoms with Crippen LogP contribution in [-0.2, 0) is 9.59 Å². The van der Waals surface area contributed by atoms with Crippen LogP contribution >= 0.6 is 0 Å². The molecule has 0 aliphatic heterocycles. The summed E-state index contributed by atoms with van der Waals surface area (Å²) in [5.74, 6) is 0.333. The van der Waals surface area contributed by atoms with Crippen molar-refractivity contribution in [3.05, 3.63) is 0 Å². The van der Waals surface area contributed by atoms with Gasteiger partial charge in [-0.05, 0) is 34.1 Å². The molecule has 0 saturated heterocycles. The second-order valence-corrected chi connectivity index (χ2v) is 3.60. The van der Waals surface area contributed by atoms with Crippen LogP contribution in [0.2, 0.25) is 0 Å². The predicted octanol–water partition coefficient (Wildman–Crippen LogP) is 2.75. The Kier molecular flexibility index (Phi) is 25.0. The topological polar surface area (TPSA) is 54.4 Å². The summed E-state index contributed by atoms with van der Waals surface area (Å²) in [7, 11) is 0. The Labute approximate surface area is 93.9 Å². The average Bonchev–Trinajstić information content (AvgIpc) is 2.03. The molecule has 0 aromatic rings. The third kappa shape index (κ3) is 156. The minimum atomic E-state index is 0.167. The molecule has 92 valence electrons. The van der Waals surface area contributed by atoms with Crippen LogP contribution in [0, 0.1) is 0 Å². The lowest BCUT2D eigenvalue weighted by Crippen LogP contribution is -1.80. The van der Waals surface area contributed by atoms with Crippen molar-refractivity contribution in [3.8, 4) is 0 Å². The predicted molar refractivity (Wildman–Crippen MR) is 63.9 cm³/mol. The molecule has 0 saturated carbocycles. The van der Waals surface area contributed by atoms with Crippen LogP contribution in [0.4, 0.5) is 0 Å². The first kappa shape index (κ1) is 19.8. The zero-order valence-electron chi connectivity index (χ0n) is 10.8. The summed E-state index contributed by atoms with van der Waals surface area (Å²) in [6.07, 6.45) is 4.68. The second kappa shape index (κ2) is 19.0. The number of unbranched alkanes of at least 4 members (excludes halogenated alkanes) is 3. The number of aliphatic hydroxyl groups excluding tert-OH is 1. The van der Waals surface area contributed by atoms with Crippen LogP contribution < -0.4 is 0 Å². The molecule has 0 aliphatic rings. The fourth-order valence-electron chi connectivity index (χ4n) is 0.539. The molecule has 3 heteroatoms. The van der Waals surface area contributed by atoms with E-state index in [9.17, 15) is 9.59 Å². The van der Waals surface area contributed by atoms with Crippen LogP contribution in [0.25, 0.3) is 0 Å². The summed E-state index contributed by atoms with van der Waals surface area (Å²) in [6.45, 7) is 8.64. The third-order valence-electron chi connectivity index (χ3n) is 1.01. The molecule has 0 bridgehead atoms. The van der Waals surface area contributed by atoms with Gasteiger partial charge in [-0.2, -0.15) is 0 Å². The maximum absolute atomic E-state index is 9.44. The maximum Gasteiger partial charge on any atom is 0.126 e. The summed E-state index contributed by atoms with van der Waals surface area (Å²) >= 11 is 0. The van der Waals surface area contributed by atoms with E-state index in [0.29, 0.717) is 6.61 Å². The van der Waals surface area contributed by atoms with Crippen LogP contribution in [0.15, 0.2) is 0 Å². The molecule has 0 aromatic carbocycles. The molecule has 0 spiro atoms. The number of hydrogen-bond donors (Lipinski definition) is 1. The van der Waals surface area contributed by atoms with Crippen molar-refractivity contribution in [2.45, 2.75) is 60.3 Å². The van der Waals surface area contributed by atoms with Gasteiger partial charge >= 0.3 is 0 Å². The highest BCUT2D eigenvalue weighted by Gasteiger charge is 1.80. The number of rotatable bonds is 4. The van der Waals surface area contributed by atoms with E-state index in [1.54, 1.807) is 0 Å². The fraction of sp³-hybridized carbons (Fsp3) is 0.833. The Hall–Kier alpha value is -0.700. The van der Waals surface area contributed by atoms with E-state index in [0.717, 1.165) is 6.42 Å². The molecule has 0 fully saturated rings. The summed E-state index contributed by atoms with van der Waals surface area (Å²) in [5, 5.41) is 8.29. The second-order valence-electron chi connectivity index (χ2n) is 3.60. The van der Waals surface area contributed by atoms with E-state index in [1.807, 2.05) is 0 Å². The average molecular weight is 218 g/mol. The van der Waals surface area contributed by atoms with Crippen LogP contribution in [0.3, 0.4) is 0 Å². The van der Waals surface area contributed by atoms with Crippen molar-refractivity contribution < 1.29 is 14.7 Å². The zero-order chi connectivity index (χ0) is 12.7. The van der Waals surface area contributed by atoms with Gasteiger partial charge < -0.3 is 14.7 Å². The van der Waals surface area contributed by atoms with Crippen molar-refractivity contribution in [1.82, 2.24) is 0 Å². The van der Waals surface area contributed by atoms with Gasteiger partial charge in [0.05, 0.1) is 0 Å². The smallest absolute Gasteiger partial charge is 0.126 e. The number of carbonyl (C=O) groups is 2. The Morgan fingerprint density at radius 2 is 1.20 bits per heavy atom. The molecular formula is C12H26O3. The first-order valence-electron chi connectivity index (χ1n) is 5.43. The van der Waals surface area contributed by atoms with Gasteiger partial charge in [0.2, 0.25) is 0 Å². The van der Waals surface area contributed by atoms with Gasteiger partial charge in [0.25, 0.3) is 0 Å². The van der Waals surface area contributed by atoms with Crippen molar-refractivity contribution in [2.24, 2.45) is 0 Å². The summed E-state index contributed by atoms with van der Waals surface area (Å²) in [5.41, 5.74) is 0. The lowest BCUT2D eigenvalue weighted by molar-refractivity contribution is -0.115. The minimum absolute atomic E-state index is 0.167. The largest absolute Gasteiger partial charge is 0.396 e. The maximum atomic E-state index is 9.44. The van der Waals surface area contributed by atoms with E-state index in [1.165, 1.54) is 47.0 Å². The Balaban J connectivity index is -0.000000155. The highest BCUT2D eigenvalue weighted by molar-refractivity contribution is 5.72. The molecule has 0 unspecified atom stereocenters. The van der Waals surface area contributed by atoms with E-state index in [2.05, 4.69) is 6.92 Å². The van der Waals surface area contributed by atoms with Gasteiger partial charge in [-0.25, -0.2) is 0 Å². The first-order valence-corrected chi connectivity index (χ1v) is 5.43. The number of ketones is 2. The molecule has 0 amide bonds. The van der Waals surface area contributed by atoms with Crippen molar-refractivity contribution in [2.75, 3.05) is 6.61 Å². The molecule has 0 aromatic heterocycles. The fourth-order valence-corrected chi connectivity index (χ4v) is 0.539. The Morgan fingerprint density at radius 3 is 1.40 bits per heavy atom. The van der Waals surface area contributed by atoms with E-state index in [4.69, 9.17) is 5.11 Å². The highest BCUT2D eigenvalue weighted by atomic mass is 16.2. The van der Waals surface area contributed by atoms with Crippen LogP contribution in [0.5, 0.6) is 0 Å². The molecule has 15 heavy (non-hydrogen) atoms. The standard InChI is InChI=1S/C6H14O.2C3H6O/c1-2-3-4-5-6-7;2*1-3(2)4/h7H,2-6H2,1H3;2*1-2H3. The number of hydrogen-bond acceptors (Lipinski definition) is 3. The van der Waals surface area contributed by atoms with Gasteiger partial charge in [-0.15, -0.1) is 0 Å². The number of carbonyl (C=O) groups excluding carboxylic acids is 2. The molecule has 0 rings (SSSR count). The molecule has 3 nitrogen and oxygen atoms in total. The monoisotopic (exact) mass is 218 g/mol. The van der Waals surface area contributed by atoms with Crippen molar-refractivity contribution >= 4 is 11.6 Å². The lowest BCUT2D eigenvalue weighted by atomic mass is 10.2. The van der Waals surface area contributed by atoms with E-state index in [-0.39, 0.29) is 11.6 Å². The van der Waals surface area contributed by atoms with Crippen molar-refractivity contribution in [3.63, 3.8) is 0 Å². The van der Waals surface area contributed by atoms with Gasteiger partial charge in [-0.3, -0.25) is 0 Å². The molecule has 0 atom stereocenters. The third-order valence-corrected chi connectivity index (χ3v) is 1.01. The molecule has 0 heterocycles. The normalized spacial score (nSPS) is 7.87. The van der Waals surface area contributed by atoms with E-state index < -0.39 is 0 Å². The van der Waals surface area contributed by atoms with Crippen molar-refractivity contribution in [1.29, 1.82) is 0 Å². The quantitative estimate of drug-likeness (QED) is 0.738. The molecular weight excluding hydrogens is 192 g/mol. The van der Waals surface area contributed by atoms with Gasteiger partial charge in [0.1, 0.15) is 11.6 Å². The van der Waals surface area contributed by atoms with Gasteiger partial charge in [0.15, 0.2) is 0 Å². The summed E-state index contributed by atoms with van der Waals surface area (Å²) in [6, 6.07) is 0.